The van der Waals surface area contributed by atoms with Crippen LogP contribution in [0.2, 0.25) is 0 Å². The average molecular weight is 276 g/mol. The number of ether oxygens (including phenoxy) is 1. The number of rotatable bonds is 4. The number of likely N-dealkylation sites (tertiary alicyclic amines) is 1. The number of benzene rings is 1. The van der Waals surface area contributed by atoms with Crippen molar-refractivity contribution in [3.05, 3.63) is 23.8 Å². The zero-order chi connectivity index (χ0) is 14.7. The largest absolute Gasteiger partial charge is 0.491 e. The molecule has 110 valence electrons. The number of para-hydroxylation sites is 1. The van der Waals surface area contributed by atoms with Crippen LogP contribution in [-0.2, 0) is 0 Å². The van der Waals surface area contributed by atoms with E-state index in [1.807, 2.05) is 11.8 Å². The maximum absolute atomic E-state index is 12.7. The van der Waals surface area contributed by atoms with Crippen LogP contribution >= 0.6 is 0 Å². The molecular formula is C16H24N2O2. The molecule has 1 fully saturated rings. The molecule has 1 aliphatic heterocycles. The van der Waals surface area contributed by atoms with Crippen molar-refractivity contribution in [1.29, 1.82) is 0 Å². The quantitative estimate of drug-likeness (QED) is 0.860. The fourth-order valence-corrected chi connectivity index (χ4v) is 2.71. The van der Waals surface area contributed by atoms with E-state index in [1.165, 1.54) is 0 Å². The van der Waals surface area contributed by atoms with Crippen LogP contribution in [0, 0.1) is 11.8 Å². The van der Waals surface area contributed by atoms with Gasteiger partial charge in [0, 0.05) is 13.1 Å². The van der Waals surface area contributed by atoms with Gasteiger partial charge in [-0.05, 0) is 37.3 Å². The van der Waals surface area contributed by atoms with Gasteiger partial charge in [0.15, 0.2) is 5.75 Å². The van der Waals surface area contributed by atoms with Crippen LogP contribution in [0.25, 0.3) is 0 Å². The molecule has 0 aliphatic carbocycles. The lowest BCUT2D eigenvalue weighted by atomic mass is 9.95. The first-order chi connectivity index (χ1) is 9.54. The number of nitrogens with zero attached hydrogens (tertiary/aromatic N) is 1. The van der Waals surface area contributed by atoms with Crippen molar-refractivity contribution in [2.24, 2.45) is 11.8 Å². The number of hydrogen-bond acceptors (Lipinski definition) is 3. The Balaban J connectivity index is 2.20. The van der Waals surface area contributed by atoms with Gasteiger partial charge in [0.05, 0.1) is 17.9 Å². The van der Waals surface area contributed by atoms with Crippen LogP contribution in [0.3, 0.4) is 0 Å². The van der Waals surface area contributed by atoms with Crippen molar-refractivity contribution >= 4 is 11.6 Å². The second kappa shape index (κ2) is 6.16. The fraction of sp³-hybridized carbons (Fsp3) is 0.562. The molecule has 1 heterocycles. The Hall–Kier alpha value is -1.71. The third-order valence-corrected chi connectivity index (χ3v) is 4.02. The van der Waals surface area contributed by atoms with Gasteiger partial charge >= 0.3 is 0 Å². The molecule has 0 bridgehead atoms. The van der Waals surface area contributed by atoms with E-state index >= 15 is 0 Å². The summed E-state index contributed by atoms with van der Waals surface area (Å²) in [5, 5.41) is 0. The molecule has 2 rings (SSSR count). The highest BCUT2D eigenvalue weighted by molar-refractivity contribution is 5.98. The molecule has 0 radical (unpaired) electrons. The normalized spacial score (nSPS) is 18.6. The van der Waals surface area contributed by atoms with Gasteiger partial charge in [-0.3, -0.25) is 4.79 Å². The van der Waals surface area contributed by atoms with Gasteiger partial charge in [0.1, 0.15) is 0 Å². The van der Waals surface area contributed by atoms with E-state index in [9.17, 15) is 4.79 Å². The Bertz CT molecular complexity index is 485. The Morgan fingerprint density at radius 1 is 1.50 bits per heavy atom. The van der Waals surface area contributed by atoms with Crippen molar-refractivity contribution < 1.29 is 9.53 Å². The van der Waals surface area contributed by atoms with Crippen molar-refractivity contribution in [3.63, 3.8) is 0 Å². The Kier molecular flexibility index (Phi) is 4.53. The van der Waals surface area contributed by atoms with E-state index in [-0.39, 0.29) is 5.91 Å². The Morgan fingerprint density at radius 3 is 2.85 bits per heavy atom. The third-order valence-electron chi connectivity index (χ3n) is 4.02. The first-order valence-corrected chi connectivity index (χ1v) is 7.35. The van der Waals surface area contributed by atoms with Crippen molar-refractivity contribution in [1.82, 2.24) is 4.90 Å². The van der Waals surface area contributed by atoms with Gasteiger partial charge in [0.2, 0.25) is 0 Å². The summed E-state index contributed by atoms with van der Waals surface area (Å²) in [7, 11) is 0. The molecule has 0 spiro atoms. The number of nitrogen functional groups attached to an aromatic ring is 1. The second-order valence-corrected chi connectivity index (χ2v) is 5.70. The third kappa shape index (κ3) is 2.89. The highest BCUT2D eigenvalue weighted by Crippen LogP contribution is 2.30. The SMILES string of the molecule is CCOc1c(N)cccc1C(=O)N1CCC(C(C)C)C1. The number of carbonyl (C=O) groups excluding carboxylic acids is 1. The molecule has 1 amide bonds. The van der Waals surface area contributed by atoms with Crippen LogP contribution in [0.4, 0.5) is 5.69 Å². The van der Waals surface area contributed by atoms with Crippen LogP contribution in [-0.4, -0.2) is 30.5 Å². The molecule has 2 N–H and O–H groups in total. The molecule has 4 heteroatoms. The Labute approximate surface area is 120 Å². The summed E-state index contributed by atoms with van der Waals surface area (Å²) in [5.74, 6) is 1.76. The smallest absolute Gasteiger partial charge is 0.257 e. The molecule has 0 aromatic heterocycles. The maximum atomic E-state index is 12.7. The summed E-state index contributed by atoms with van der Waals surface area (Å²) in [4.78, 5) is 14.6. The topological polar surface area (TPSA) is 55.6 Å². The van der Waals surface area contributed by atoms with E-state index < -0.39 is 0 Å². The van der Waals surface area contributed by atoms with Crippen molar-refractivity contribution in [2.45, 2.75) is 27.2 Å². The van der Waals surface area contributed by atoms with Crippen molar-refractivity contribution in [2.75, 3.05) is 25.4 Å². The summed E-state index contributed by atoms with van der Waals surface area (Å²) in [6.07, 6.45) is 1.08. The summed E-state index contributed by atoms with van der Waals surface area (Å²) in [6.45, 7) is 8.48. The highest BCUT2D eigenvalue weighted by Gasteiger charge is 2.30. The van der Waals surface area contributed by atoms with Crippen LogP contribution in [0.15, 0.2) is 18.2 Å². The molecule has 1 aliphatic rings. The van der Waals surface area contributed by atoms with Crippen LogP contribution in [0.5, 0.6) is 5.75 Å². The van der Waals surface area contributed by atoms with Gasteiger partial charge in [-0.2, -0.15) is 0 Å². The standard InChI is InChI=1S/C16H24N2O2/c1-4-20-15-13(6-5-7-14(15)17)16(19)18-9-8-12(10-18)11(2)3/h5-7,11-12H,4,8-10,17H2,1-3H3. The lowest BCUT2D eigenvalue weighted by Gasteiger charge is -2.20. The van der Waals surface area contributed by atoms with Crippen LogP contribution < -0.4 is 10.5 Å². The Morgan fingerprint density at radius 2 is 2.25 bits per heavy atom. The zero-order valence-electron chi connectivity index (χ0n) is 12.6. The molecule has 1 saturated heterocycles. The molecule has 1 unspecified atom stereocenters. The summed E-state index contributed by atoms with van der Waals surface area (Å²) < 4.78 is 5.55. The molecule has 1 aromatic carbocycles. The monoisotopic (exact) mass is 276 g/mol. The number of amides is 1. The van der Waals surface area contributed by atoms with Gasteiger partial charge in [-0.15, -0.1) is 0 Å². The lowest BCUT2D eigenvalue weighted by molar-refractivity contribution is 0.0780. The van der Waals surface area contributed by atoms with E-state index in [0.717, 1.165) is 19.5 Å². The second-order valence-electron chi connectivity index (χ2n) is 5.70. The van der Waals surface area contributed by atoms with E-state index in [4.69, 9.17) is 10.5 Å². The molecule has 1 aromatic rings. The van der Waals surface area contributed by atoms with E-state index in [1.54, 1.807) is 18.2 Å². The first-order valence-electron chi connectivity index (χ1n) is 7.35. The summed E-state index contributed by atoms with van der Waals surface area (Å²) >= 11 is 0. The van der Waals surface area contributed by atoms with Gasteiger partial charge in [-0.25, -0.2) is 0 Å². The zero-order valence-corrected chi connectivity index (χ0v) is 12.6. The lowest BCUT2D eigenvalue weighted by Crippen LogP contribution is -2.29. The van der Waals surface area contributed by atoms with Crippen LogP contribution in [0.1, 0.15) is 37.6 Å². The number of nitrogens with two attached hydrogens (primary N) is 1. The number of anilines is 1. The minimum absolute atomic E-state index is 0.0314. The van der Waals surface area contributed by atoms with Gasteiger partial charge in [0.25, 0.3) is 5.91 Å². The molecule has 1 atom stereocenters. The fourth-order valence-electron chi connectivity index (χ4n) is 2.71. The average Bonchev–Trinajstić information content (AvgIpc) is 2.90. The molecular weight excluding hydrogens is 252 g/mol. The number of hydrogen-bond donors (Lipinski definition) is 1. The molecule has 20 heavy (non-hydrogen) atoms. The molecule has 0 saturated carbocycles. The minimum Gasteiger partial charge on any atom is -0.491 e. The maximum Gasteiger partial charge on any atom is 0.257 e. The van der Waals surface area contributed by atoms with E-state index in [2.05, 4.69) is 13.8 Å². The first kappa shape index (κ1) is 14.7. The summed E-state index contributed by atoms with van der Waals surface area (Å²) in [6, 6.07) is 5.37. The summed E-state index contributed by atoms with van der Waals surface area (Å²) in [5.41, 5.74) is 7.03. The van der Waals surface area contributed by atoms with Gasteiger partial charge in [-0.1, -0.05) is 19.9 Å². The molecule has 4 nitrogen and oxygen atoms in total. The predicted molar refractivity (Wildman–Crippen MR) is 80.9 cm³/mol. The minimum atomic E-state index is 0.0314. The van der Waals surface area contributed by atoms with Gasteiger partial charge < -0.3 is 15.4 Å². The number of carbonyl (C=O) groups is 1. The predicted octanol–water partition coefficient (Wildman–Crippen LogP) is 2.79. The highest BCUT2D eigenvalue weighted by atomic mass is 16.5. The van der Waals surface area contributed by atoms with Crippen molar-refractivity contribution in [3.8, 4) is 5.75 Å². The van der Waals surface area contributed by atoms with E-state index in [0.29, 0.717) is 35.4 Å².